The molecule has 0 spiro atoms. The lowest BCUT2D eigenvalue weighted by Gasteiger charge is -2.10. The van der Waals surface area contributed by atoms with Crippen molar-refractivity contribution in [3.8, 4) is 5.75 Å². The molecule has 0 atom stereocenters. The Bertz CT molecular complexity index is 693. The van der Waals surface area contributed by atoms with Gasteiger partial charge in [-0.2, -0.15) is 0 Å². The predicted molar refractivity (Wildman–Crippen MR) is 74.8 cm³/mol. The van der Waals surface area contributed by atoms with Crippen LogP contribution in [0.1, 0.15) is 5.82 Å². The van der Waals surface area contributed by atoms with Crippen LogP contribution >= 0.6 is 0 Å². The van der Waals surface area contributed by atoms with E-state index in [1.165, 1.54) is 7.11 Å². The van der Waals surface area contributed by atoms with E-state index in [1.807, 2.05) is 0 Å². The molecule has 1 aromatic carbocycles. The largest absolute Gasteiger partial charge is 0.492 e. The molecule has 4 N–H and O–H groups in total. The van der Waals surface area contributed by atoms with Crippen LogP contribution in [0.5, 0.6) is 5.75 Å². The van der Waals surface area contributed by atoms with E-state index >= 15 is 0 Å². The number of anilines is 1. The molecule has 0 bridgehead atoms. The predicted octanol–water partition coefficient (Wildman–Crippen LogP) is 0.661. The molecule has 0 fully saturated rings. The number of halogens is 1. The Morgan fingerprint density at radius 2 is 2.24 bits per heavy atom. The van der Waals surface area contributed by atoms with Crippen molar-refractivity contribution in [2.45, 2.75) is 11.3 Å². The van der Waals surface area contributed by atoms with Gasteiger partial charge in [-0.15, -0.1) is 0 Å². The first-order valence-corrected chi connectivity index (χ1v) is 7.53. The highest BCUT2D eigenvalue weighted by atomic mass is 32.2. The Labute approximate surface area is 121 Å². The number of hydrogen-bond donors (Lipinski definition) is 3. The fourth-order valence-electron chi connectivity index (χ4n) is 1.78. The molecule has 0 amide bonds. The number of nitrogens with one attached hydrogen (secondary N) is 2. The zero-order chi connectivity index (χ0) is 15.5. The second kappa shape index (κ2) is 6.10. The van der Waals surface area contributed by atoms with Crippen molar-refractivity contribution < 1.29 is 17.5 Å². The van der Waals surface area contributed by atoms with Crippen LogP contribution in [0.25, 0.3) is 0 Å². The summed E-state index contributed by atoms with van der Waals surface area (Å²) in [4.78, 5) is 6.57. The molecule has 0 radical (unpaired) electrons. The van der Waals surface area contributed by atoms with Crippen molar-refractivity contribution in [2.75, 3.05) is 19.4 Å². The number of H-pyrrole nitrogens is 1. The molecule has 114 valence electrons. The Morgan fingerprint density at radius 1 is 1.48 bits per heavy atom. The lowest BCUT2D eigenvalue weighted by atomic mass is 10.3. The topological polar surface area (TPSA) is 110 Å². The van der Waals surface area contributed by atoms with Crippen LogP contribution in [0.2, 0.25) is 0 Å². The molecule has 2 rings (SSSR count). The van der Waals surface area contributed by atoms with Gasteiger partial charge < -0.3 is 15.5 Å². The van der Waals surface area contributed by atoms with Crippen molar-refractivity contribution in [3.63, 3.8) is 0 Å². The van der Waals surface area contributed by atoms with Gasteiger partial charge in [0.2, 0.25) is 10.0 Å². The normalized spacial score (nSPS) is 11.5. The summed E-state index contributed by atoms with van der Waals surface area (Å²) >= 11 is 0. The van der Waals surface area contributed by atoms with Crippen LogP contribution in [0.15, 0.2) is 29.4 Å². The maximum absolute atomic E-state index is 13.7. The lowest BCUT2D eigenvalue weighted by Crippen LogP contribution is -2.26. The number of benzene rings is 1. The Balaban J connectivity index is 2.12. The lowest BCUT2D eigenvalue weighted by molar-refractivity contribution is 0.388. The molecule has 1 heterocycles. The fraction of sp³-hybridized carbons (Fsp3) is 0.250. The van der Waals surface area contributed by atoms with Gasteiger partial charge in [-0.1, -0.05) is 0 Å². The first-order chi connectivity index (χ1) is 9.94. The van der Waals surface area contributed by atoms with E-state index in [9.17, 15) is 12.8 Å². The van der Waals surface area contributed by atoms with Crippen molar-refractivity contribution in [2.24, 2.45) is 0 Å². The van der Waals surface area contributed by atoms with Crippen molar-refractivity contribution in [1.82, 2.24) is 14.7 Å². The number of aromatic nitrogens is 2. The maximum Gasteiger partial charge on any atom is 0.240 e. The third-order valence-corrected chi connectivity index (χ3v) is 4.21. The number of nitrogens with two attached hydrogens (primary N) is 1. The monoisotopic (exact) mass is 314 g/mol. The zero-order valence-electron chi connectivity index (χ0n) is 11.3. The third kappa shape index (κ3) is 3.50. The summed E-state index contributed by atoms with van der Waals surface area (Å²) in [5.74, 6) is -0.355. The van der Waals surface area contributed by atoms with Gasteiger partial charge in [0.1, 0.15) is 5.82 Å². The molecule has 21 heavy (non-hydrogen) atoms. The van der Waals surface area contributed by atoms with E-state index in [2.05, 4.69) is 14.7 Å². The fourth-order valence-corrected chi connectivity index (χ4v) is 2.86. The van der Waals surface area contributed by atoms with Gasteiger partial charge in [0.25, 0.3) is 0 Å². The number of hydrogen-bond acceptors (Lipinski definition) is 5. The number of methoxy groups -OCH3 is 1. The molecule has 9 heteroatoms. The highest BCUT2D eigenvalue weighted by Crippen LogP contribution is 2.28. The quantitative estimate of drug-likeness (QED) is 0.679. The number of sulfonamides is 1. The highest BCUT2D eigenvalue weighted by Gasteiger charge is 2.19. The number of imidazole rings is 1. The van der Waals surface area contributed by atoms with Crippen molar-refractivity contribution in [3.05, 3.63) is 36.2 Å². The third-order valence-electron chi connectivity index (χ3n) is 2.77. The van der Waals surface area contributed by atoms with Gasteiger partial charge in [0, 0.05) is 25.4 Å². The molecule has 1 aromatic heterocycles. The van der Waals surface area contributed by atoms with Gasteiger partial charge in [0.05, 0.1) is 17.7 Å². The van der Waals surface area contributed by atoms with Gasteiger partial charge >= 0.3 is 0 Å². The van der Waals surface area contributed by atoms with E-state index in [0.717, 1.165) is 12.1 Å². The highest BCUT2D eigenvalue weighted by molar-refractivity contribution is 7.89. The SMILES string of the molecule is COc1c(N)cc(S(=O)(=O)NCCc2ncc[nH]2)cc1F. The molecule has 0 saturated carbocycles. The minimum absolute atomic E-state index is 0.0797. The molecule has 2 aromatic rings. The van der Waals surface area contributed by atoms with Crippen molar-refractivity contribution >= 4 is 15.7 Å². The zero-order valence-corrected chi connectivity index (χ0v) is 12.1. The van der Waals surface area contributed by atoms with Crippen LogP contribution in [0, 0.1) is 5.82 Å². The summed E-state index contributed by atoms with van der Waals surface area (Å²) in [6, 6.07) is 2.02. The summed E-state index contributed by atoms with van der Waals surface area (Å²) in [6.45, 7) is 0.128. The minimum Gasteiger partial charge on any atom is -0.492 e. The second-order valence-electron chi connectivity index (χ2n) is 4.21. The van der Waals surface area contributed by atoms with Crippen LogP contribution in [-0.2, 0) is 16.4 Å². The summed E-state index contributed by atoms with van der Waals surface area (Å²) < 4.78 is 44.9. The maximum atomic E-state index is 13.7. The van der Waals surface area contributed by atoms with Gasteiger partial charge in [0.15, 0.2) is 11.6 Å². The Hall–Kier alpha value is -2.13. The van der Waals surface area contributed by atoms with E-state index in [-0.39, 0.29) is 22.9 Å². The molecule has 0 aliphatic carbocycles. The molecule has 0 aliphatic rings. The first kappa shape index (κ1) is 15.3. The number of nitrogen functional groups attached to an aromatic ring is 1. The molecule has 0 unspecified atom stereocenters. The minimum atomic E-state index is -3.85. The summed E-state index contributed by atoms with van der Waals surface area (Å²) in [5, 5.41) is 0. The smallest absolute Gasteiger partial charge is 0.240 e. The summed E-state index contributed by atoms with van der Waals surface area (Å²) in [7, 11) is -2.60. The van der Waals surface area contributed by atoms with Crippen LogP contribution < -0.4 is 15.2 Å². The average Bonchev–Trinajstić information content (AvgIpc) is 2.91. The average molecular weight is 314 g/mol. The summed E-state index contributed by atoms with van der Waals surface area (Å²) in [5.41, 5.74) is 5.48. The molecule has 0 aliphatic heterocycles. The van der Waals surface area contributed by atoms with E-state index < -0.39 is 15.8 Å². The van der Waals surface area contributed by atoms with E-state index in [0.29, 0.717) is 12.2 Å². The molecule has 7 nitrogen and oxygen atoms in total. The van der Waals surface area contributed by atoms with Gasteiger partial charge in [-0.05, 0) is 12.1 Å². The number of aromatic amines is 1. The molecular weight excluding hydrogens is 299 g/mol. The molecular formula is C12H15FN4O3S. The first-order valence-electron chi connectivity index (χ1n) is 6.05. The standard InChI is InChI=1S/C12H15FN4O3S/c1-20-12-9(13)6-8(7-10(12)14)21(18,19)17-3-2-11-15-4-5-16-11/h4-7,17H,2-3,14H2,1H3,(H,15,16). The van der Waals surface area contributed by atoms with Crippen LogP contribution in [0.4, 0.5) is 10.1 Å². The Morgan fingerprint density at radius 3 is 2.81 bits per heavy atom. The van der Waals surface area contributed by atoms with E-state index in [4.69, 9.17) is 10.5 Å². The number of rotatable bonds is 6. The van der Waals surface area contributed by atoms with Crippen molar-refractivity contribution in [1.29, 1.82) is 0 Å². The van der Waals surface area contributed by atoms with Crippen LogP contribution in [-0.4, -0.2) is 32.0 Å². The van der Waals surface area contributed by atoms with E-state index in [1.54, 1.807) is 12.4 Å². The van der Waals surface area contributed by atoms with Gasteiger partial charge in [-0.3, -0.25) is 0 Å². The van der Waals surface area contributed by atoms with Crippen LogP contribution in [0.3, 0.4) is 0 Å². The second-order valence-corrected chi connectivity index (χ2v) is 5.98. The number of ether oxygens (including phenoxy) is 1. The number of nitrogens with zero attached hydrogens (tertiary/aromatic N) is 1. The van der Waals surface area contributed by atoms with Gasteiger partial charge in [-0.25, -0.2) is 22.5 Å². The Kier molecular flexibility index (Phi) is 4.43. The molecule has 0 saturated heterocycles. The summed E-state index contributed by atoms with van der Waals surface area (Å²) in [6.07, 6.45) is 3.60.